The first-order chi connectivity index (χ1) is 9.64. The van der Waals surface area contributed by atoms with Gasteiger partial charge in [0, 0.05) is 19.6 Å². The quantitative estimate of drug-likeness (QED) is 0.890. The van der Waals surface area contributed by atoms with Crippen LogP contribution in [0.3, 0.4) is 0 Å². The lowest BCUT2D eigenvalue weighted by Gasteiger charge is -2.35. The Hall–Kier alpha value is -0.980. The van der Waals surface area contributed by atoms with Crippen molar-refractivity contribution in [2.24, 2.45) is 0 Å². The van der Waals surface area contributed by atoms with Gasteiger partial charge in [0.15, 0.2) is 5.82 Å². The molecule has 3 heterocycles. The molecule has 6 nitrogen and oxygen atoms in total. The highest BCUT2D eigenvalue weighted by Crippen LogP contribution is 2.33. The van der Waals surface area contributed by atoms with Crippen LogP contribution in [0.25, 0.3) is 0 Å². The minimum atomic E-state index is -0.0929. The van der Waals surface area contributed by atoms with Crippen LogP contribution in [0.5, 0.6) is 0 Å². The second-order valence-electron chi connectivity index (χ2n) is 6.18. The van der Waals surface area contributed by atoms with Crippen LogP contribution in [0.1, 0.15) is 43.9 Å². The Morgan fingerprint density at radius 1 is 1.40 bits per heavy atom. The highest BCUT2D eigenvalue weighted by molar-refractivity contribution is 5.08. The first kappa shape index (κ1) is 14.0. The zero-order valence-corrected chi connectivity index (χ0v) is 12.7. The van der Waals surface area contributed by atoms with Crippen molar-refractivity contribution in [3.8, 4) is 0 Å². The van der Waals surface area contributed by atoms with Crippen LogP contribution in [0.15, 0.2) is 4.52 Å². The molecule has 112 valence electrons. The predicted molar refractivity (Wildman–Crippen MR) is 76.4 cm³/mol. The lowest BCUT2D eigenvalue weighted by molar-refractivity contribution is 0.108. The number of nitrogens with one attached hydrogen (secondary N) is 1. The Morgan fingerprint density at radius 2 is 2.25 bits per heavy atom. The Bertz CT molecular complexity index is 454. The molecule has 0 saturated carbocycles. The normalized spacial score (nSPS) is 32.9. The van der Waals surface area contributed by atoms with Gasteiger partial charge in [-0.1, -0.05) is 12.1 Å². The molecule has 0 aromatic carbocycles. The molecule has 0 bridgehead atoms. The zero-order valence-electron chi connectivity index (χ0n) is 12.7. The van der Waals surface area contributed by atoms with Crippen molar-refractivity contribution in [3.05, 3.63) is 11.7 Å². The third-order valence-electron chi connectivity index (χ3n) is 4.85. The molecule has 2 aliphatic rings. The minimum absolute atomic E-state index is 0.0929. The van der Waals surface area contributed by atoms with E-state index in [1.807, 2.05) is 0 Å². The van der Waals surface area contributed by atoms with Gasteiger partial charge in [-0.25, -0.2) is 0 Å². The maximum absolute atomic E-state index is 5.61. The summed E-state index contributed by atoms with van der Waals surface area (Å²) in [4.78, 5) is 9.37. The van der Waals surface area contributed by atoms with E-state index in [1.54, 1.807) is 0 Å². The van der Waals surface area contributed by atoms with Crippen LogP contribution >= 0.6 is 0 Å². The summed E-state index contributed by atoms with van der Waals surface area (Å²) in [6.07, 6.45) is 3.26. The summed E-state index contributed by atoms with van der Waals surface area (Å²) < 4.78 is 5.61. The molecule has 0 amide bonds. The summed E-state index contributed by atoms with van der Waals surface area (Å²) in [6, 6.07) is 0.238. The molecule has 2 aliphatic heterocycles. The summed E-state index contributed by atoms with van der Waals surface area (Å²) in [5.41, 5.74) is -0.0929. The van der Waals surface area contributed by atoms with Crippen LogP contribution in [0.4, 0.5) is 0 Å². The fraction of sp³-hybridized carbons (Fsp3) is 0.857. The van der Waals surface area contributed by atoms with Gasteiger partial charge in [-0.3, -0.25) is 4.90 Å². The Morgan fingerprint density at radius 3 is 2.95 bits per heavy atom. The highest BCUT2D eigenvalue weighted by atomic mass is 16.5. The van der Waals surface area contributed by atoms with Crippen molar-refractivity contribution in [2.75, 3.05) is 40.3 Å². The van der Waals surface area contributed by atoms with Crippen LogP contribution < -0.4 is 5.32 Å². The molecule has 3 rings (SSSR count). The van der Waals surface area contributed by atoms with Crippen LogP contribution in [-0.2, 0) is 5.54 Å². The number of likely N-dealkylation sites (N-methyl/N-ethyl adjacent to an activating group) is 2. The molecule has 2 unspecified atom stereocenters. The minimum Gasteiger partial charge on any atom is -0.337 e. The second kappa shape index (κ2) is 5.42. The molecule has 0 radical (unpaired) electrons. The molecule has 1 N–H and O–H groups in total. The molecule has 1 aromatic heterocycles. The largest absolute Gasteiger partial charge is 0.337 e. The fourth-order valence-corrected chi connectivity index (χ4v) is 3.30. The van der Waals surface area contributed by atoms with Crippen molar-refractivity contribution in [3.63, 3.8) is 0 Å². The number of piperazine rings is 1. The average molecular weight is 279 g/mol. The lowest BCUT2D eigenvalue weighted by Crippen LogP contribution is -2.45. The summed E-state index contributed by atoms with van der Waals surface area (Å²) in [5, 5.41) is 7.82. The number of hydrogen-bond acceptors (Lipinski definition) is 6. The molecule has 2 fully saturated rings. The summed E-state index contributed by atoms with van der Waals surface area (Å²) in [6.45, 7) is 6.32. The van der Waals surface area contributed by atoms with E-state index < -0.39 is 0 Å². The van der Waals surface area contributed by atoms with Gasteiger partial charge in [-0.05, 0) is 39.9 Å². The number of nitrogens with zero attached hydrogens (tertiary/aromatic N) is 4. The first-order valence-electron chi connectivity index (χ1n) is 7.62. The van der Waals surface area contributed by atoms with E-state index in [-0.39, 0.29) is 11.6 Å². The Balaban J connectivity index is 1.82. The molecule has 0 aliphatic carbocycles. The summed E-state index contributed by atoms with van der Waals surface area (Å²) in [7, 11) is 4.28. The van der Waals surface area contributed by atoms with E-state index in [0.29, 0.717) is 0 Å². The Kier molecular flexibility index (Phi) is 3.79. The van der Waals surface area contributed by atoms with Gasteiger partial charge in [-0.2, -0.15) is 4.98 Å². The van der Waals surface area contributed by atoms with Gasteiger partial charge < -0.3 is 14.7 Å². The standard InChI is InChI=1S/C14H25N5O/c1-4-14(6-5-7-15-14)13-16-12(17-20-13)11-10-18(2)8-9-19(11)3/h11,15H,4-10H2,1-3H3. The van der Waals surface area contributed by atoms with Gasteiger partial charge in [-0.15, -0.1) is 0 Å². The van der Waals surface area contributed by atoms with Crippen molar-refractivity contribution in [1.82, 2.24) is 25.3 Å². The maximum Gasteiger partial charge on any atom is 0.246 e. The number of hydrogen-bond donors (Lipinski definition) is 1. The van der Waals surface area contributed by atoms with Gasteiger partial charge in [0.05, 0.1) is 11.6 Å². The van der Waals surface area contributed by atoms with E-state index in [9.17, 15) is 0 Å². The van der Waals surface area contributed by atoms with Crippen molar-refractivity contribution in [1.29, 1.82) is 0 Å². The van der Waals surface area contributed by atoms with E-state index in [1.165, 1.54) is 6.42 Å². The SMILES string of the molecule is CCC1(c2nc(C3CN(C)CCN3C)no2)CCCN1. The van der Waals surface area contributed by atoms with Crippen LogP contribution in [0.2, 0.25) is 0 Å². The average Bonchev–Trinajstić information content (AvgIpc) is 3.10. The van der Waals surface area contributed by atoms with Crippen LogP contribution in [0, 0.1) is 0 Å². The van der Waals surface area contributed by atoms with Gasteiger partial charge >= 0.3 is 0 Å². The van der Waals surface area contributed by atoms with Crippen molar-refractivity contribution in [2.45, 2.75) is 37.8 Å². The monoisotopic (exact) mass is 279 g/mol. The van der Waals surface area contributed by atoms with Gasteiger partial charge in [0.25, 0.3) is 0 Å². The maximum atomic E-state index is 5.61. The summed E-state index contributed by atoms with van der Waals surface area (Å²) in [5.74, 6) is 1.60. The van der Waals surface area contributed by atoms with Gasteiger partial charge in [0.1, 0.15) is 0 Å². The molecule has 0 spiro atoms. The molecule has 6 heteroatoms. The van der Waals surface area contributed by atoms with E-state index >= 15 is 0 Å². The third kappa shape index (κ3) is 2.36. The molecule has 2 saturated heterocycles. The van der Waals surface area contributed by atoms with E-state index in [4.69, 9.17) is 9.51 Å². The van der Waals surface area contributed by atoms with Crippen molar-refractivity contribution >= 4 is 0 Å². The Labute approximate surface area is 120 Å². The third-order valence-corrected chi connectivity index (χ3v) is 4.85. The topological polar surface area (TPSA) is 57.4 Å². The molecule has 1 aromatic rings. The highest BCUT2D eigenvalue weighted by Gasteiger charge is 2.40. The molecular weight excluding hydrogens is 254 g/mol. The van der Waals surface area contributed by atoms with Crippen molar-refractivity contribution < 1.29 is 4.52 Å². The van der Waals surface area contributed by atoms with E-state index in [2.05, 4.69) is 41.3 Å². The van der Waals surface area contributed by atoms with Gasteiger partial charge in [0.2, 0.25) is 5.89 Å². The second-order valence-corrected chi connectivity index (χ2v) is 6.18. The van der Waals surface area contributed by atoms with Crippen LogP contribution in [-0.4, -0.2) is 60.2 Å². The number of rotatable bonds is 3. The number of aromatic nitrogens is 2. The predicted octanol–water partition coefficient (Wildman–Crippen LogP) is 0.977. The molecule has 2 atom stereocenters. The first-order valence-corrected chi connectivity index (χ1v) is 7.62. The van der Waals surface area contributed by atoms with E-state index in [0.717, 1.165) is 50.7 Å². The fourth-order valence-electron chi connectivity index (χ4n) is 3.30. The molecule has 20 heavy (non-hydrogen) atoms. The lowest BCUT2D eigenvalue weighted by atomic mass is 9.94. The zero-order chi connectivity index (χ0) is 14.2. The smallest absolute Gasteiger partial charge is 0.246 e. The molecular formula is C14H25N5O. The summed E-state index contributed by atoms with van der Waals surface area (Å²) >= 11 is 0.